The van der Waals surface area contributed by atoms with E-state index in [2.05, 4.69) is 29.3 Å². The second-order valence-corrected chi connectivity index (χ2v) is 9.70. The van der Waals surface area contributed by atoms with Crippen molar-refractivity contribution in [2.24, 2.45) is 0 Å². The molecule has 0 aliphatic carbocycles. The highest BCUT2D eigenvalue weighted by Crippen LogP contribution is 2.42. The normalized spacial score (nSPS) is 19.5. The lowest BCUT2D eigenvalue weighted by Crippen LogP contribution is -2.51. The van der Waals surface area contributed by atoms with Crippen molar-refractivity contribution < 1.29 is 23.9 Å². The molecule has 0 spiro atoms. The Morgan fingerprint density at radius 2 is 1.74 bits per heavy atom. The first-order valence-electron chi connectivity index (χ1n) is 12.7. The summed E-state index contributed by atoms with van der Waals surface area (Å²) in [5.74, 6) is 0.585. The number of hydrogen-bond donors (Lipinski definition) is 1. The molecule has 3 heterocycles. The highest BCUT2D eigenvalue weighted by atomic mass is 16.5. The van der Waals surface area contributed by atoms with Gasteiger partial charge in [0.1, 0.15) is 6.54 Å². The van der Waals surface area contributed by atoms with Crippen molar-refractivity contribution in [1.29, 1.82) is 0 Å². The summed E-state index contributed by atoms with van der Waals surface area (Å²) in [6.07, 6.45) is 0. The summed E-state index contributed by atoms with van der Waals surface area (Å²) in [6.45, 7) is 4.88. The van der Waals surface area contributed by atoms with Crippen molar-refractivity contribution in [3.05, 3.63) is 64.9 Å². The van der Waals surface area contributed by atoms with E-state index in [0.29, 0.717) is 41.4 Å². The first-order chi connectivity index (χ1) is 18.3. The van der Waals surface area contributed by atoms with E-state index in [1.165, 1.54) is 35.3 Å². The number of para-hydroxylation sites is 2. The molecule has 1 unspecified atom stereocenters. The maximum Gasteiger partial charge on any atom is 0.322 e. The minimum absolute atomic E-state index is 0.0415. The molecule has 200 valence electrons. The Hall–Kier alpha value is -4.21. The number of likely N-dealkylation sites (N-methyl/N-ethyl adjacent to an activating group) is 1. The Morgan fingerprint density at radius 1 is 1.00 bits per heavy atom. The lowest BCUT2D eigenvalue weighted by Gasteiger charge is -2.37. The third-order valence-electron chi connectivity index (χ3n) is 7.59. The number of benzene rings is 2. The van der Waals surface area contributed by atoms with E-state index >= 15 is 0 Å². The minimum Gasteiger partial charge on any atom is -0.493 e. The monoisotopic (exact) mass is 519 g/mol. The van der Waals surface area contributed by atoms with Crippen LogP contribution in [-0.2, 0) is 9.59 Å². The van der Waals surface area contributed by atoms with Gasteiger partial charge in [0.25, 0.3) is 5.91 Å². The largest absolute Gasteiger partial charge is 0.493 e. The Kier molecular flexibility index (Phi) is 6.88. The number of piperazine rings is 1. The van der Waals surface area contributed by atoms with Crippen LogP contribution in [0.3, 0.4) is 0 Å². The van der Waals surface area contributed by atoms with Crippen LogP contribution < -0.4 is 19.7 Å². The van der Waals surface area contributed by atoms with Crippen LogP contribution in [0.5, 0.6) is 11.5 Å². The predicted octanol–water partition coefficient (Wildman–Crippen LogP) is 2.15. The van der Waals surface area contributed by atoms with Gasteiger partial charge < -0.3 is 29.5 Å². The van der Waals surface area contributed by atoms with Gasteiger partial charge in [-0.15, -0.1) is 0 Å². The fourth-order valence-corrected chi connectivity index (χ4v) is 5.50. The van der Waals surface area contributed by atoms with Gasteiger partial charge in [-0.05, 0) is 24.6 Å². The van der Waals surface area contributed by atoms with Gasteiger partial charge in [-0.1, -0.05) is 30.3 Å². The van der Waals surface area contributed by atoms with Gasteiger partial charge in [0.2, 0.25) is 5.91 Å². The van der Waals surface area contributed by atoms with Crippen molar-refractivity contribution in [2.75, 3.05) is 65.4 Å². The number of urea groups is 1. The number of nitrogens with zero attached hydrogens (tertiary/aromatic N) is 4. The summed E-state index contributed by atoms with van der Waals surface area (Å²) >= 11 is 0. The molecule has 0 radical (unpaired) electrons. The Morgan fingerprint density at radius 3 is 2.42 bits per heavy atom. The fraction of sp³-hybridized carbons (Fsp3) is 0.393. The molecule has 38 heavy (non-hydrogen) atoms. The molecular weight excluding hydrogens is 486 g/mol. The number of ether oxygens (including phenoxy) is 2. The molecule has 10 heteroatoms. The Balaban J connectivity index is 1.31. The number of carbonyl (C=O) groups is 3. The first kappa shape index (κ1) is 25.4. The molecule has 3 aliphatic rings. The molecule has 0 bridgehead atoms. The van der Waals surface area contributed by atoms with E-state index in [4.69, 9.17) is 9.47 Å². The second kappa shape index (κ2) is 10.3. The van der Waals surface area contributed by atoms with Gasteiger partial charge in [-0.25, -0.2) is 4.79 Å². The average molecular weight is 520 g/mol. The van der Waals surface area contributed by atoms with E-state index < -0.39 is 6.04 Å². The molecular formula is C28H33N5O5. The zero-order valence-electron chi connectivity index (χ0n) is 22.2. The zero-order chi connectivity index (χ0) is 27.0. The van der Waals surface area contributed by atoms with Crippen LogP contribution in [0.2, 0.25) is 0 Å². The van der Waals surface area contributed by atoms with Crippen molar-refractivity contribution in [3.8, 4) is 11.5 Å². The smallest absolute Gasteiger partial charge is 0.322 e. The lowest BCUT2D eigenvalue weighted by atomic mass is 9.94. The third-order valence-corrected chi connectivity index (χ3v) is 7.59. The van der Waals surface area contributed by atoms with E-state index in [1.807, 2.05) is 17.0 Å². The quantitative estimate of drug-likeness (QED) is 0.629. The highest BCUT2D eigenvalue weighted by molar-refractivity contribution is 6.03. The standard InChI is InChI=1S/C28H33N5O5/c1-18-8-5-6-10-20(18)31-12-14-32(15-13-31)23(34)17-33-16-21-24(27(33)35)25(29-28(36)30(21)2)19-9-7-11-22(37-3)26(19)38-4/h5-11,25H,12-17H2,1-4H3,(H,29,36). The van der Waals surface area contributed by atoms with E-state index in [1.54, 1.807) is 25.2 Å². The summed E-state index contributed by atoms with van der Waals surface area (Å²) in [5.41, 5.74) is 4.04. The fourth-order valence-electron chi connectivity index (χ4n) is 5.50. The summed E-state index contributed by atoms with van der Waals surface area (Å²) in [7, 11) is 4.69. The highest BCUT2D eigenvalue weighted by Gasteiger charge is 2.44. The number of amides is 4. The number of nitrogens with one attached hydrogen (secondary N) is 1. The van der Waals surface area contributed by atoms with Crippen molar-refractivity contribution >= 4 is 23.5 Å². The van der Waals surface area contributed by atoms with Gasteiger partial charge in [0.05, 0.1) is 38.1 Å². The molecule has 4 amide bonds. The maximum absolute atomic E-state index is 13.7. The van der Waals surface area contributed by atoms with E-state index in [9.17, 15) is 14.4 Å². The molecule has 1 atom stereocenters. The number of hydrogen-bond acceptors (Lipinski definition) is 6. The van der Waals surface area contributed by atoms with Crippen LogP contribution in [0.25, 0.3) is 0 Å². The molecule has 2 aromatic rings. The van der Waals surface area contributed by atoms with Crippen LogP contribution in [0.4, 0.5) is 10.5 Å². The minimum atomic E-state index is -0.719. The zero-order valence-corrected chi connectivity index (χ0v) is 22.2. The molecule has 3 aliphatic heterocycles. The summed E-state index contributed by atoms with van der Waals surface area (Å²) in [4.78, 5) is 46.8. The predicted molar refractivity (Wildman–Crippen MR) is 142 cm³/mol. The SMILES string of the molecule is COc1cccc(C2NC(=O)N(C)C3=C2C(=O)N(CC(=O)N2CCN(c4ccccc4C)CC2)C3)c1OC. The molecule has 2 aromatic carbocycles. The molecule has 5 rings (SSSR count). The van der Waals surface area contributed by atoms with Gasteiger partial charge in [0, 0.05) is 44.5 Å². The Bertz CT molecular complexity index is 1300. The third kappa shape index (κ3) is 4.40. The van der Waals surface area contributed by atoms with E-state index in [0.717, 1.165) is 13.1 Å². The van der Waals surface area contributed by atoms with Gasteiger partial charge in [-0.3, -0.25) is 14.5 Å². The van der Waals surface area contributed by atoms with Crippen molar-refractivity contribution in [1.82, 2.24) is 20.0 Å². The summed E-state index contributed by atoms with van der Waals surface area (Å²) in [5, 5.41) is 2.92. The van der Waals surface area contributed by atoms with Crippen molar-refractivity contribution in [2.45, 2.75) is 13.0 Å². The van der Waals surface area contributed by atoms with Crippen LogP contribution in [0.1, 0.15) is 17.2 Å². The summed E-state index contributed by atoms with van der Waals surface area (Å²) < 4.78 is 11.0. The number of rotatable bonds is 6. The van der Waals surface area contributed by atoms with Crippen molar-refractivity contribution in [3.63, 3.8) is 0 Å². The Labute approximate surface area is 222 Å². The van der Waals surface area contributed by atoms with Gasteiger partial charge in [-0.2, -0.15) is 0 Å². The molecule has 10 nitrogen and oxygen atoms in total. The molecule has 1 N–H and O–H groups in total. The number of methoxy groups -OCH3 is 2. The number of anilines is 1. The molecule has 1 saturated heterocycles. The number of aryl methyl sites for hydroxylation is 1. The van der Waals surface area contributed by atoms with E-state index in [-0.39, 0.29) is 30.9 Å². The van der Waals surface area contributed by atoms with Crippen LogP contribution in [0, 0.1) is 6.92 Å². The van der Waals surface area contributed by atoms with Crippen LogP contribution in [0.15, 0.2) is 53.7 Å². The second-order valence-electron chi connectivity index (χ2n) is 9.70. The maximum atomic E-state index is 13.7. The topological polar surface area (TPSA) is 94.7 Å². The molecule has 0 saturated carbocycles. The summed E-state index contributed by atoms with van der Waals surface area (Å²) in [6, 6.07) is 12.5. The van der Waals surface area contributed by atoms with Crippen LogP contribution in [-0.4, -0.2) is 93.1 Å². The number of carbonyl (C=O) groups excluding carboxylic acids is 3. The average Bonchev–Trinajstić information content (AvgIpc) is 3.26. The lowest BCUT2D eigenvalue weighted by molar-refractivity contribution is -0.137. The van der Waals surface area contributed by atoms with Gasteiger partial charge >= 0.3 is 6.03 Å². The first-order valence-corrected chi connectivity index (χ1v) is 12.7. The molecule has 0 aromatic heterocycles. The molecule has 1 fully saturated rings. The van der Waals surface area contributed by atoms with Gasteiger partial charge in [0.15, 0.2) is 11.5 Å². The van der Waals surface area contributed by atoms with Crippen LogP contribution >= 0.6 is 0 Å².